The van der Waals surface area contributed by atoms with Crippen LogP contribution in [0.4, 0.5) is 0 Å². The predicted octanol–water partition coefficient (Wildman–Crippen LogP) is 1.75. The van der Waals surface area contributed by atoms with Crippen molar-refractivity contribution in [1.82, 2.24) is 10.2 Å². The summed E-state index contributed by atoms with van der Waals surface area (Å²) in [7, 11) is 0. The number of nitrogens with zero attached hydrogens (tertiary/aromatic N) is 1. The van der Waals surface area contributed by atoms with Gasteiger partial charge in [-0.2, -0.15) is 0 Å². The van der Waals surface area contributed by atoms with Gasteiger partial charge < -0.3 is 10.2 Å². The number of carbonyl (C=O) groups is 3. The van der Waals surface area contributed by atoms with Crippen molar-refractivity contribution in [2.45, 2.75) is 25.3 Å². The van der Waals surface area contributed by atoms with Gasteiger partial charge in [-0.3, -0.25) is 14.4 Å². The van der Waals surface area contributed by atoms with Crippen molar-refractivity contribution >= 4 is 40.0 Å². The predicted molar refractivity (Wildman–Crippen MR) is 87.0 cm³/mol. The van der Waals surface area contributed by atoms with Crippen LogP contribution in [-0.4, -0.2) is 46.7 Å². The van der Waals surface area contributed by atoms with Gasteiger partial charge in [0.05, 0.1) is 10.9 Å². The van der Waals surface area contributed by atoms with Gasteiger partial charge in [-0.15, -0.1) is 11.3 Å². The fourth-order valence-electron chi connectivity index (χ4n) is 2.82. The first-order chi connectivity index (χ1) is 10.6. The van der Waals surface area contributed by atoms with Crippen molar-refractivity contribution in [3.8, 4) is 0 Å². The van der Waals surface area contributed by atoms with Crippen LogP contribution in [0, 0.1) is 5.92 Å². The molecule has 3 heterocycles. The van der Waals surface area contributed by atoms with E-state index in [1.54, 1.807) is 0 Å². The number of thioether (sulfide) groups is 1. The Morgan fingerprint density at radius 1 is 1.23 bits per heavy atom. The molecule has 1 aromatic rings. The zero-order valence-corrected chi connectivity index (χ0v) is 13.8. The Labute approximate surface area is 137 Å². The molecular weight excluding hydrogens is 320 g/mol. The lowest BCUT2D eigenvalue weighted by Crippen LogP contribution is -2.46. The lowest BCUT2D eigenvalue weighted by atomic mass is 9.95. The average Bonchev–Trinajstić information content (AvgIpc) is 3.19. The molecule has 0 aromatic carbocycles. The zero-order valence-electron chi connectivity index (χ0n) is 12.1. The Bertz CT molecular complexity index is 565. The molecule has 0 spiro atoms. The summed E-state index contributed by atoms with van der Waals surface area (Å²) >= 11 is 2.73. The Balaban J connectivity index is 1.50. The third-order valence-electron chi connectivity index (χ3n) is 4.14. The van der Waals surface area contributed by atoms with Gasteiger partial charge in [-0.05, 0) is 30.7 Å². The molecule has 1 atom stereocenters. The SMILES string of the molecule is O=C(NC1CCSC1=O)C1CCN(C(=O)c2cccs2)CC1. The van der Waals surface area contributed by atoms with Gasteiger partial charge in [0.2, 0.25) is 11.0 Å². The van der Waals surface area contributed by atoms with Gasteiger partial charge in [-0.25, -0.2) is 0 Å². The summed E-state index contributed by atoms with van der Waals surface area (Å²) < 4.78 is 0. The van der Waals surface area contributed by atoms with Crippen molar-refractivity contribution < 1.29 is 14.4 Å². The molecule has 0 radical (unpaired) electrons. The second-order valence-corrected chi connectivity index (χ2v) is 7.61. The molecule has 1 N–H and O–H groups in total. The Hall–Kier alpha value is -1.34. The fraction of sp³-hybridized carbons (Fsp3) is 0.533. The van der Waals surface area contributed by atoms with E-state index in [1.807, 2.05) is 22.4 Å². The minimum absolute atomic E-state index is 0.0379. The molecule has 5 nitrogen and oxygen atoms in total. The highest BCUT2D eigenvalue weighted by molar-refractivity contribution is 8.14. The summed E-state index contributed by atoms with van der Waals surface area (Å²) in [6, 6.07) is 3.38. The maximum atomic E-state index is 12.2. The van der Waals surface area contributed by atoms with E-state index in [0.29, 0.717) is 25.9 Å². The van der Waals surface area contributed by atoms with Gasteiger partial charge in [0.25, 0.3) is 5.91 Å². The summed E-state index contributed by atoms with van der Waals surface area (Å²) in [5, 5.41) is 4.82. The quantitative estimate of drug-likeness (QED) is 0.912. The van der Waals surface area contributed by atoms with Crippen LogP contribution in [0.15, 0.2) is 17.5 Å². The van der Waals surface area contributed by atoms with Gasteiger partial charge in [-0.1, -0.05) is 17.8 Å². The molecular formula is C15H18N2O3S2. The van der Waals surface area contributed by atoms with E-state index in [2.05, 4.69) is 5.32 Å². The molecule has 2 fully saturated rings. The van der Waals surface area contributed by atoms with Crippen molar-refractivity contribution in [2.24, 2.45) is 5.92 Å². The van der Waals surface area contributed by atoms with E-state index in [4.69, 9.17) is 0 Å². The van der Waals surface area contributed by atoms with Gasteiger partial charge in [0.1, 0.15) is 0 Å². The first kappa shape index (κ1) is 15.6. The Kier molecular flexibility index (Phi) is 4.83. The van der Waals surface area contributed by atoms with Crippen LogP contribution in [0.3, 0.4) is 0 Å². The zero-order chi connectivity index (χ0) is 15.5. The van der Waals surface area contributed by atoms with Crippen molar-refractivity contribution in [1.29, 1.82) is 0 Å². The van der Waals surface area contributed by atoms with Crippen molar-refractivity contribution in [3.63, 3.8) is 0 Å². The highest BCUT2D eigenvalue weighted by Gasteiger charge is 2.32. The van der Waals surface area contributed by atoms with Gasteiger partial charge >= 0.3 is 0 Å². The molecule has 2 amide bonds. The first-order valence-electron chi connectivity index (χ1n) is 7.45. The third kappa shape index (κ3) is 3.35. The topological polar surface area (TPSA) is 66.5 Å². The number of nitrogens with one attached hydrogen (secondary N) is 1. The second-order valence-electron chi connectivity index (χ2n) is 5.56. The molecule has 118 valence electrons. The molecule has 0 bridgehead atoms. The Morgan fingerprint density at radius 3 is 2.59 bits per heavy atom. The lowest BCUT2D eigenvalue weighted by Gasteiger charge is -2.31. The Morgan fingerprint density at radius 2 is 2.00 bits per heavy atom. The van der Waals surface area contributed by atoms with Crippen molar-refractivity contribution in [3.05, 3.63) is 22.4 Å². The smallest absolute Gasteiger partial charge is 0.263 e. The van der Waals surface area contributed by atoms with E-state index >= 15 is 0 Å². The third-order valence-corrected chi connectivity index (χ3v) is 6.00. The number of thiophene rings is 1. The number of rotatable bonds is 3. The van der Waals surface area contributed by atoms with E-state index < -0.39 is 0 Å². The van der Waals surface area contributed by atoms with Crippen LogP contribution in [0.2, 0.25) is 0 Å². The summed E-state index contributed by atoms with van der Waals surface area (Å²) in [5.74, 6) is 0.712. The molecule has 7 heteroatoms. The fourth-order valence-corrected chi connectivity index (χ4v) is 4.44. The van der Waals surface area contributed by atoms with Crippen molar-refractivity contribution in [2.75, 3.05) is 18.8 Å². The molecule has 2 saturated heterocycles. The van der Waals surface area contributed by atoms with Crippen LogP contribution in [0.5, 0.6) is 0 Å². The van der Waals surface area contributed by atoms with E-state index in [1.165, 1.54) is 23.1 Å². The van der Waals surface area contributed by atoms with Gasteiger partial charge in [0.15, 0.2) is 0 Å². The number of amides is 2. The molecule has 3 rings (SSSR count). The standard InChI is InChI=1S/C15H18N2O3S2/c18-13(16-11-5-9-22-15(11)20)10-3-6-17(7-4-10)14(19)12-2-1-8-21-12/h1-2,8,10-11H,3-7,9H2,(H,16,18). The average molecular weight is 338 g/mol. The maximum Gasteiger partial charge on any atom is 0.263 e. The van der Waals surface area contributed by atoms with Crippen LogP contribution in [0.25, 0.3) is 0 Å². The molecule has 2 aliphatic heterocycles. The first-order valence-corrected chi connectivity index (χ1v) is 9.31. The molecule has 22 heavy (non-hydrogen) atoms. The van der Waals surface area contributed by atoms with Crippen LogP contribution < -0.4 is 5.32 Å². The minimum Gasteiger partial charge on any atom is -0.345 e. The highest BCUT2D eigenvalue weighted by atomic mass is 32.2. The molecule has 0 aliphatic carbocycles. The molecule has 2 aliphatic rings. The van der Waals surface area contributed by atoms with Crippen LogP contribution in [0.1, 0.15) is 28.9 Å². The second kappa shape index (κ2) is 6.83. The summed E-state index contributed by atoms with van der Waals surface area (Å²) in [6.45, 7) is 1.20. The summed E-state index contributed by atoms with van der Waals surface area (Å²) in [6.07, 6.45) is 2.05. The van der Waals surface area contributed by atoms with Crippen LogP contribution >= 0.6 is 23.1 Å². The normalized spacial score (nSPS) is 22.8. The van der Waals surface area contributed by atoms with Gasteiger partial charge in [0, 0.05) is 24.8 Å². The maximum absolute atomic E-state index is 12.2. The van der Waals surface area contributed by atoms with Crippen LogP contribution in [-0.2, 0) is 9.59 Å². The lowest BCUT2D eigenvalue weighted by molar-refractivity contribution is -0.129. The number of piperidine rings is 1. The molecule has 0 saturated carbocycles. The summed E-state index contributed by atoms with van der Waals surface area (Å²) in [4.78, 5) is 38.6. The number of carbonyl (C=O) groups excluding carboxylic acids is 3. The number of hydrogen-bond acceptors (Lipinski definition) is 5. The number of likely N-dealkylation sites (tertiary alicyclic amines) is 1. The summed E-state index contributed by atoms with van der Waals surface area (Å²) in [5.41, 5.74) is 0. The van der Waals surface area contributed by atoms with E-state index in [0.717, 1.165) is 17.1 Å². The molecule has 1 unspecified atom stereocenters. The minimum atomic E-state index is -0.316. The highest BCUT2D eigenvalue weighted by Crippen LogP contribution is 2.23. The largest absolute Gasteiger partial charge is 0.345 e. The van der Waals surface area contributed by atoms with E-state index in [-0.39, 0.29) is 28.9 Å². The monoisotopic (exact) mass is 338 g/mol. The molecule has 1 aromatic heterocycles. The number of hydrogen-bond donors (Lipinski definition) is 1. The van der Waals surface area contributed by atoms with E-state index in [9.17, 15) is 14.4 Å².